The summed E-state index contributed by atoms with van der Waals surface area (Å²) in [5.41, 5.74) is 0.859. The van der Waals surface area contributed by atoms with Crippen LogP contribution in [0, 0.1) is 0 Å². The number of carbonyl (C=O) groups is 1. The summed E-state index contributed by atoms with van der Waals surface area (Å²) in [4.78, 5) is 16.8. The molecular formula is C22H25Cl2F3N4O. The number of aromatic nitrogens is 2. The third-order valence-electron chi connectivity index (χ3n) is 6.23. The molecule has 2 aliphatic rings. The van der Waals surface area contributed by atoms with E-state index < -0.39 is 11.9 Å². The zero-order valence-electron chi connectivity index (χ0n) is 17.6. The zero-order valence-corrected chi connectivity index (χ0v) is 19.1. The van der Waals surface area contributed by atoms with E-state index in [1.807, 2.05) is 0 Å². The van der Waals surface area contributed by atoms with Crippen LogP contribution in [0.3, 0.4) is 0 Å². The largest absolute Gasteiger partial charge is 0.435 e. The van der Waals surface area contributed by atoms with E-state index in [9.17, 15) is 18.0 Å². The van der Waals surface area contributed by atoms with Crippen LogP contribution in [0.25, 0.3) is 0 Å². The number of hydrogen-bond acceptors (Lipinski definition) is 3. The Morgan fingerprint density at radius 2 is 1.66 bits per heavy atom. The minimum Gasteiger partial charge on any atom is -0.339 e. The minimum atomic E-state index is -4.51. The third-order valence-corrected chi connectivity index (χ3v) is 6.94. The molecule has 1 saturated heterocycles. The van der Waals surface area contributed by atoms with Crippen LogP contribution in [0.1, 0.15) is 41.8 Å². The molecule has 0 bridgehead atoms. The van der Waals surface area contributed by atoms with E-state index in [2.05, 4.69) is 10.00 Å². The normalized spacial score (nSPS) is 17.8. The molecular weight excluding hydrogens is 464 g/mol. The summed E-state index contributed by atoms with van der Waals surface area (Å²) in [6.45, 7) is 2.69. The molecule has 0 N–H and O–H groups in total. The molecule has 174 valence electrons. The van der Waals surface area contributed by atoms with E-state index >= 15 is 0 Å². The van der Waals surface area contributed by atoms with Gasteiger partial charge in [-0.3, -0.25) is 14.4 Å². The summed E-state index contributed by atoms with van der Waals surface area (Å²) < 4.78 is 41.8. The number of benzene rings is 1. The van der Waals surface area contributed by atoms with E-state index in [0.29, 0.717) is 67.7 Å². The lowest BCUT2D eigenvalue weighted by Crippen LogP contribution is -2.49. The Labute approximate surface area is 195 Å². The molecule has 5 nitrogen and oxygen atoms in total. The van der Waals surface area contributed by atoms with Gasteiger partial charge in [-0.1, -0.05) is 35.7 Å². The van der Waals surface area contributed by atoms with Crippen molar-refractivity contribution in [2.75, 3.05) is 26.2 Å². The van der Waals surface area contributed by atoms with Gasteiger partial charge < -0.3 is 4.90 Å². The van der Waals surface area contributed by atoms with E-state index in [0.717, 1.165) is 18.4 Å². The molecule has 1 aliphatic carbocycles. The van der Waals surface area contributed by atoms with Crippen LogP contribution < -0.4 is 0 Å². The number of nitrogens with zero attached hydrogens (tertiary/aromatic N) is 4. The van der Waals surface area contributed by atoms with Gasteiger partial charge >= 0.3 is 6.18 Å². The van der Waals surface area contributed by atoms with Gasteiger partial charge in [-0.05, 0) is 37.8 Å². The molecule has 1 aromatic carbocycles. The second kappa shape index (κ2) is 9.61. The maximum absolute atomic E-state index is 13.5. The van der Waals surface area contributed by atoms with Gasteiger partial charge in [0.25, 0.3) is 0 Å². The molecule has 2 heterocycles. The topological polar surface area (TPSA) is 41.4 Å². The van der Waals surface area contributed by atoms with E-state index in [4.69, 9.17) is 23.2 Å². The van der Waals surface area contributed by atoms with Gasteiger partial charge in [-0.15, -0.1) is 0 Å². The molecule has 0 unspecified atom stereocenters. The van der Waals surface area contributed by atoms with Crippen LogP contribution in [-0.4, -0.2) is 51.7 Å². The van der Waals surface area contributed by atoms with Gasteiger partial charge in [0.1, 0.15) is 6.54 Å². The molecule has 4 rings (SSSR count). The van der Waals surface area contributed by atoms with E-state index in [1.165, 1.54) is 4.68 Å². The number of carbonyl (C=O) groups excluding carboxylic acids is 1. The Hall–Kier alpha value is -1.77. The Bertz CT molecular complexity index is 964. The van der Waals surface area contributed by atoms with Crippen LogP contribution in [-0.2, 0) is 36.9 Å². The van der Waals surface area contributed by atoms with Crippen molar-refractivity contribution in [2.24, 2.45) is 0 Å². The molecule has 0 spiro atoms. The van der Waals surface area contributed by atoms with E-state index in [1.54, 1.807) is 23.1 Å². The second-order valence-corrected chi connectivity index (χ2v) is 9.16. The monoisotopic (exact) mass is 488 g/mol. The van der Waals surface area contributed by atoms with Crippen molar-refractivity contribution in [3.8, 4) is 0 Å². The quantitative estimate of drug-likeness (QED) is 0.579. The Morgan fingerprint density at radius 3 is 2.31 bits per heavy atom. The van der Waals surface area contributed by atoms with Crippen LogP contribution in [0.2, 0.25) is 10.0 Å². The smallest absolute Gasteiger partial charge is 0.339 e. The number of rotatable bonds is 4. The molecule has 0 radical (unpaired) electrons. The Morgan fingerprint density at radius 1 is 1.00 bits per heavy atom. The molecule has 0 saturated carbocycles. The van der Waals surface area contributed by atoms with Crippen molar-refractivity contribution in [1.29, 1.82) is 0 Å². The number of fused-ring (bicyclic) bond motifs is 1. The predicted molar refractivity (Wildman–Crippen MR) is 117 cm³/mol. The van der Waals surface area contributed by atoms with Crippen molar-refractivity contribution in [1.82, 2.24) is 19.6 Å². The lowest BCUT2D eigenvalue weighted by Gasteiger charge is -2.35. The van der Waals surface area contributed by atoms with Crippen molar-refractivity contribution < 1.29 is 18.0 Å². The first kappa shape index (κ1) is 23.4. The highest BCUT2D eigenvalue weighted by atomic mass is 35.5. The third kappa shape index (κ3) is 5.07. The second-order valence-electron chi connectivity index (χ2n) is 8.35. The first-order valence-corrected chi connectivity index (χ1v) is 11.6. The minimum absolute atomic E-state index is 0.158. The number of piperazine rings is 1. The molecule has 1 aromatic heterocycles. The van der Waals surface area contributed by atoms with Gasteiger partial charge in [0.05, 0.1) is 0 Å². The van der Waals surface area contributed by atoms with Crippen LogP contribution in [0.5, 0.6) is 0 Å². The first-order valence-electron chi connectivity index (χ1n) is 10.8. The lowest BCUT2D eigenvalue weighted by molar-refractivity contribution is -0.142. The van der Waals surface area contributed by atoms with E-state index in [-0.39, 0.29) is 18.0 Å². The summed E-state index contributed by atoms with van der Waals surface area (Å²) in [6, 6.07) is 5.39. The Kier molecular flexibility index (Phi) is 7.03. The highest BCUT2D eigenvalue weighted by Gasteiger charge is 2.39. The fourth-order valence-corrected chi connectivity index (χ4v) is 5.01. The highest BCUT2D eigenvalue weighted by molar-refractivity contribution is 6.35. The summed E-state index contributed by atoms with van der Waals surface area (Å²) >= 11 is 12.5. The van der Waals surface area contributed by atoms with Gasteiger partial charge in [0.15, 0.2) is 5.69 Å². The SMILES string of the molecule is O=C(Cn1nc(C(F)(F)F)c2c1CCCCC2)N1CCN(Cc2c(Cl)cccc2Cl)CC1. The van der Waals surface area contributed by atoms with Crippen molar-refractivity contribution in [3.05, 3.63) is 50.8 Å². The summed E-state index contributed by atoms with van der Waals surface area (Å²) in [7, 11) is 0. The Balaban J connectivity index is 1.41. The van der Waals surface area contributed by atoms with Gasteiger partial charge in [0.2, 0.25) is 5.91 Å². The number of hydrogen-bond donors (Lipinski definition) is 0. The van der Waals surface area contributed by atoms with Crippen molar-refractivity contribution in [3.63, 3.8) is 0 Å². The average Bonchev–Trinajstić information content (AvgIpc) is 2.92. The van der Waals surface area contributed by atoms with Crippen LogP contribution in [0.15, 0.2) is 18.2 Å². The molecule has 0 atom stereocenters. The summed E-state index contributed by atoms with van der Waals surface area (Å²) in [5, 5.41) is 5.05. The maximum Gasteiger partial charge on any atom is 0.435 e. The number of alkyl halides is 3. The number of amides is 1. The molecule has 1 aliphatic heterocycles. The summed E-state index contributed by atoms with van der Waals surface area (Å²) in [6.07, 6.45) is -1.20. The average molecular weight is 489 g/mol. The molecule has 2 aromatic rings. The first-order chi connectivity index (χ1) is 15.2. The molecule has 1 amide bonds. The number of halogens is 5. The fraction of sp³-hybridized carbons (Fsp3) is 0.545. The van der Waals surface area contributed by atoms with Gasteiger partial charge in [0, 0.05) is 59.6 Å². The fourth-order valence-electron chi connectivity index (χ4n) is 4.50. The predicted octanol–water partition coefficient (Wildman–Crippen LogP) is 4.82. The van der Waals surface area contributed by atoms with Crippen molar-refractivity contribution >= 4 is 29.1 Å². The highest BCUT2D eigenvalue weighted by Crippen LogP contribution is 2.35. The molecule has 32 heavy (non-hydrogen) atoms. The molecule has 10 heteroatoms. The van der Waals surface area contributed by atoms with Crippen LogP contribution >= 0.6 is 23.2 Å². The lowest BCUT2D eigenvalue weighted by atomic mass is 10.1. The van der Waals surface area contributed by atoms with Crippen molar-refractivity contribution in [2.45, 2.75) is 51.4 Å². The standard InChI is InChI=1S/C22H25Cl2F3N4O/c23-17-6-4-7-18(24)16(17)13-29-9-11-30(12-10-29)20(32)14-31-19-8-3-1-2-5-15(19)21(28-31)22(25,26)27/h4,6-7H,1-3,5,8-14H2. The van der Waals surface area contributed by atoms with Gasteiger partial charge in [-0.25, -0.2) is 0 Å². The van der Waals surface area contributed by atoms with Crippen LogP contribution in [0.4, 0.5) is 13.2 Å². The summed E-state index contributed by atoms with van der Waals surface area (Å²) in [5.74, 6) is -0.205. The zero-order chi connectivity index (χ0) is 22.9. The van der Waals surface area contributed by atoms with Gasteiger partial charge in [-0.2, -0.15) is 18.3 Å². The molecule has 1 fully saturated rings. The maximum atomic E-state index is 13.5.